The number of carboxylic acid groups (broad SMARTS) is 1. The molecule has 1 aliphatic rings. The summed E-state index contributed by atoms with van der Waals surface area (Å²) in [6.45, 7) is 8.54. The molecule has 1 rings (SSSR count). The molecule has 1 fully saturated rings. The second-order valence-electron chi connectivity index (χ2n) is 5.66. The minimum atomic E-state index is -0.743. The fraction of sp³-hybridized carbons (Fsp3) is 0.769. The van der Waals surface area contributed by atoms with E-state index < -0.39 is 5.97 Å². The predicted molar refractivity (Wildman–Crippen MR) is 61.7 cm³/mol. The highest BCUT2D eigenvalue weighted by Crippen LogP contribution is 2.44. The molecule has 0 saturated heterocycles. The Kier molecular flexibility index (Phi) is 3.58. The molecule has 0 aromatic carbocycles. The van der Waals surface area contributed by atoms with E-state index in [9.17, 15) is 4.79 Å². The highest BCUT2D eigenvalue weighted by atomic mass is 16.4. The lowest BCUT2D eigenvalue weighted by Gasteiger charge is -2.39. The summed E-state index contributed by atoms with van der Waals surface area (Å²) in [4.78, 5) is 11.1. The van der Waals surface area contributed by atoms with Crippen LogP contribution in [0.3, 0.4) is 0 Å². The number of carboxylic acids is 1. The summed E-state index contributed by atoms with van der Waals surface area (Å²) < 4.78 is 0. The molecule has 0 radical (unpaired) electrons. The van der Waals surface area contributed by atoms with Crippen LogP contribution in [0.25, 0.3) is 0 Å². The third kappa shape index (κ3) is 3.08. The van der Waals surface area contributed by atoms with Crippen LogP contribution in [-0.2, 0) is 4.79 Å². The fourth-order valence-corrected chi connectivity index (χ4v) is 3.12. The van der Waals surface area contributed by atoms with Gasteiger partial charge in [-0.2, -0.15) is 0 Å². The maximum absolute atomic E-state index is 11.1. The predicted octanol–water partition coefficient (Wildman–Crippen LogP) is 3.48. The zero-order chi connectivity index (χ0) is 11.6. The lowest BCUT2D eigenvalue weighted by molar-refractivity contribution is -0.133. The SMILES string of the molecule is C/C=C(/C(=O)O)C1CC(C)CC(C)(C)C1. The van der Waals surface area contributed by atoms with Crippen LogP contribution in [0.4, 0.5) is 0 Å². The molecule has 0 aromatic rings. The van der Waals surface area contributed by atoms with E-state index in [4.69, 9.17) is 5.11 Å². The molecule has 2 atom stereocenters. The van der Waals surface area contributed by atoms with Gasteiger partial charge in [0, 0.05) is 5.57 Å². The van der Waals surface area contributed by atoms with E-state index >= 15 is 0 Å². The molecule has 0 heterocycles. The first kappa shape index (κ1) is 12.3. The minimum absolute atomic E-state index is 0.242. The van der Waals surface area contributed by atoms with Crippen molar-refractivity contribution in [3.05, 3.63) is 11.6 Å². The van der Waals surface area contributed by atoms with Crippen molar-refractivity contribution in [3.63, 3.8) is 0 Å². The van der Waals surface area contributed by atoms with Gasteiger partial charge in [0.2, 0.25) is 0 Å². The molecule has 2 heteroatoms. The topological polar surface area (TPSA) is 37.3 Å². The van der Waals surface area contributed by atoms with E-state index in [1.54, 1.807) is 6.08 Å². The van der Waals surface area contributed by atoms with Crippen LogP contribution in [0, 0.1) is 17.3 Å². The molecule has 86 valence electrons. The Balaban J connectivity index is 2.82. The number of aliphatic carboxylic acids is 1. The monoisotopic (exact) mass is 210 g/mol. The van der Waals surface area contributed by atoms with E-state index in [0.29, 0.717) is 11.5 Å². The summed E-state index contributed by atoms with van der Waals surface area (Å²) in [7, 11) is 0. The van der Waals surface area contributed by atoms with Gasteiger partial charge in [0.05, 0.1) is 0 Å². The first-order valence-corrected chi connectivity index (χ1v) is 5.75. The van der Waals surface area contributed by atoms with Gasteiger partial charge in [0.15, 0.2) is 0 Å². The lowest BCUT2D eigenvalue weighted by atomic mass is 9.66. The summed E-state index contributed by atoms with van der Waals surface area (Å²) in [5, 5.41) is 9.11. The highest BCUT2D eigenvalue weighted by Gasteiger charge is 2.35. The van der Waals surface area contributed by atoms with Crippen LogP contribution in [0.5, 0.6) is 0 Å². The van der Waals surface area contributed by atoms with Gasteiger partial charge in [-0.1, -0.05) is 26.8 Å². The zero-order valence-electron chi connectivity index (χ0n) is 10.2. The maximum atomic E-state index is 11.1. The van der Waals surface area contributed by atoms with E-state index in [-0.39, 0.29) is 11.3 Å². The van der Waals surface area contributed by atoms with E-state index in [1.807, 2.05) is 6.92 Å². The fourth-order valence-electron chi connectivity index (χ4n) is 3.12. The number of allylic oxidation sites excluding steroid dienone is 1. The maximum Gasteiger partial charge on any atom is 0.331 e. The molecule has 0 spiro atoms. The molecule has 0 aliphatic heterocycles. The Morgan fingerprint density at radius 1 is 1.40 bits per heavy atom. The molecular weight excluding hydrogens is 188 g/mol. The molecule has 0 aromatic heterocycles. The van der Waals surface area contributed by atoms with Crippen LogP contribution in [0.1, 0.15) is 47.0 Å². The molecular formula is C13H22O2. The number of hydrogen-bond acceptors (Lipinski definition) is 1. The molecule has 1 aliphatic carbocycles. The number of rotatable bonds is 2. The van der Waals surface area contributed by atoms with E-state index in [0.717, 1.165) is 12.8 Å². The summed E-state index contributed by atoms with van der Waals surface area (Å²) in [5.41, 5.74) is 0.890. The van der Waals surface area contributed by atoms with Crippen molar-refractivity contribution < 1.29 is 9.90 Å². The summed E-state index contributed by atoms with van der Waals surface area (Å²) in [6, 6.07) is 0. The van der Waals surface area contributed by atoms with Crippen LogP contribution >= 0.6 is 0 Å². The first-order valence-electron chi connectivity index (χ1n) is 5.75. The summed E-state index contributed by atoms with van der Waals surface area (Å²) >= 11 is 0. The van der Waals surface area contributed by atoms with Crippen LogP contribution in [0.2, 0.25) is 0 Å². The van der Waals surface area contributed by atoms with Crippen molar-refractivity contribution in [2.24, 2.45) is 17.3 Å². The van der Waals surface area contributed by atoms with Crippen LogP contribution < -0.4 is 0 Å². The standard InChI is InChI=1S/C13H22O2/c1-5-11(12(14)15)10-6-9(2)7-13(3,4)8-10/h5,9-10H,6-8H2,1-4H3,(H,14,15)/b11-5+. The van der Waals surface area contributed by atoms with Crippen molar-refractivity contribution >= 4 is 5.97 Å². The van der Waals surface area contributed by atoms with Gasteiger partial charge in [-0.15, -0.1) is 0 Å². The van der Waals surface area contributed by atoms with Gasteiger partial charge in [-0.3, -0.25) is 0 Å². The summed E-state index contributed by atoms with van der Waals surface area (Å²) in [5.74, 6) is 0.131. The lowest BCUT2D eigenvalue weighted by Crippen LogP contribution is -2.30. The number of hydrogen-bond donors (Lipinski definition) is 1. The Hall–Kier alpha value is -0.790. The van der Waals surface area contributed by atoms with Gasteiger partial charge in [0.1, 0.15) is 0 Å². The molecule has 1 saturated carbocycles. The van der Waals surface area contributed by atoms with Crippen molar-refractivity contribution in [2.45, 2.75) is 47.0 Å². The average molecular weight is 210 g/mol. The van der Waals surface area contributed by atoms with Crippen molar-refractivity contribution in [1.29, 1.82) is 0 Å². The Morgan fingerprint density at radius 2 is 2.00 bits per heavy atom. The van der Waals surface area contributed by atoms with E-state index in [1.165, 1.54) is 6.42 Å². The molecule has 0 bridgehead atoms. The van der Waals surface area contributed by atoms with E-state index in [2.05, 4.69) is 20.8 Å². The molecule has 1 N–H and O–H groups in total. The smallest absolute Gasteiger partial charge is 0.331 e. The van der Waals surface area contributed by atoms with Gasteiger partial charge in [-0.05, 0) is 43.4 Å². The Morgan fingerprint density at radius 3 is 2.40 bits per heavy atom. The zero-order valence-corrected chi connectivity index (χ0v) is 10.2. The third-order valence-corrected chi connectivity index (χ3v) is 3.38. The molecule has 2 nitrogen and oxygen atoms in total. The van der Waals surface area contributed by atoms with Gasteiger partial charge < -0.3 is 5.11 Å². The summed E-state index contributed by atoms with van der Waals surface area (Å²) in [6.07, 6.45) is 5.00. The van der Waals surface area contributed by atoms with Crippen molar-refractivity contribution in [2.75, 3.05) is 0 Å². The Labute approximate surface area is 92.4 Å². The average Bonchev–Trinajstić information content (AvgIpc) is 1.99. The number of carbonyl (C=O) groups is 1. The highest BCUT2D eigenvalue weighted by molar-refractivity contribution is 5.87. The van der Waals surface area contributed by atoms with Gasteiger partial charge >= 0.3 is 5.97 Å². The van der Waals surface area contributed by atoms with Crippen molar-refractivity contribution in [1.82, 2.24) is 0 Å². The van der Waals surface area contributed by atoms with Crippen LogP contribution in [-0.4, -0.2) is 11.1 Å². The van der Waals surface area contributed by atoms with Crippen LogP contribution in [0.15, 0.2) is 11.6 Å². The normalized spacial score (nSPS) is 31.3. The largest absolute Gasteiger partial charge is 0.478 e. The molecule has 15 heavy (non-hydrogen) atoms. The minimum Gasteiger partial charge on any atom is -0.478 e. The van der Waals surface area contributed by atoms with Gasteiger partial charge in [-0.25, -0.2) is 4.79 Å². The molecule has 0 amide bonds. The quantitative estimate of drug-likeness (QED) is 0.708. The second-order valence-corrected chi connectivity index (χ2v) is 5.66. The first-order chi connectivity index (χ1) is 6.85. The van der Waals surface area contributed by atoms with Crippen molar-refractivity contribution in [3.8, 4) is 0 Å². The second kappa shape index (κ2) is 4.38. The van der Waals surface area contributed by atoms with Gasteiger partial charge in [0.25, 0.3) is 0 Å². The Bertz CT molecular complexity index is 276. The third-order valence-electron chi connectivity index (χ3n) is 3.38. The molecule has 2 unspecified atom stereocenters.